The fourth-order valence-electron chi connectivity index (χ4n) is 6.10. The Morgan fingerprint density at radius 1 is 1.00 bits per heavy atom. The Morgan fingerprint density at radius 2 is 1.71 bits per heavy atom. The molecule has 3 amide bonds. The summed E-state index contributed by atoms with van der Waals surface area (Å²) in [5, 5.41) is 3.86. The van der Waals surface area contributed by atoms with Gasteiger partial charge in [-0.2, -0.15) is 0 Å². The zero-order valence-corrected chi connectivity index (χ0v) is 24.2. The maximum Gasteiger partial charge on any atom is 0.261 e. The molecule has 2 aliphatic heterocycles. The van der Waals surface area contributed by atoms with E-state index in [0.29, 0.717) is 55.2 Å². The number of nitrogens with zero attached hydrogens (tertiary/aromatic N) is 2. The van der Waals surface area contributed by atoms with Crippen molar-refractivity contribution in [2.75, 3.05) is 17.3 Å². The number of aromatic nitrogens is 1. The van der Waals surface area contributed by atoms with E-state index in [4.69, 9.17) is 33.7 Å². The first-order valence-corrected chi connectivity index (χ1v) is 13.7. The molecule has 0 saturated heterocycles. The highest BCUT2D eigenvalue weighted by molar-refractivity contribution is 6.32. The maximum absolute atomic E-state index is 14.6. The summed E-state index contributed by atoms with van der Waals surface area (Å²) >= 11 is 12.8. The molecule has 41 heavy (non-hydrogen) atoms. The molecule has 1 aromatic heterocycles. The third-order valence-corrected chi connectivity index (χ3v) is 8.27. The summed E-state index contributed by atoms with van der Waals surface area (Å²) in [5.74, 6) is -1.06. The number of benzene rings is 3. The Bertz CT molecular complexity index is 1810. The number of halogens is 2. The highest BCUT2D eigenvalue weighted by Gasteiger charge is 2.63. The number of nitrogens with one attached hydrogen (secondary N) is 1. The minimum absolute atomic E-state index is 0.171. The number of rotatable bonds is 5. The first-order valence-electron chi connectivity index (χ1n) is 13.0. The summed E-state index contributed by atoms with van der Waals surface area (Å²) in [5.41, 5.74) is 8.85. The minimum atomic E-state index is -1.55. The number of nitrogens with two attached hydrogens (primary N) is 1. The van der Waals surface area contributed by atoms with Gasteiger partial charge < -0.3 is 20.4 Å². The van der Waals surface area contributed by atoms with Crippen LogP contribution >= 0.6 is 23.2 Å². The van der Waals surface area contributed by atoms with Crippen molar-refractivity contribution in [3.63, 3.8) is 0 Å². The number of carbonyl (C=O) groups is 3. The second kappa shape index (κ2) is 9.39. The summed E-state index contributed by atoms with van der Waals surface area (Å²) in [4.78, 5) is 42.6. The lowest BCUT2D eigenvalue weighted by Gasteiger charge is -2.36. The van der Waals surface area contributed by atoms with Crippen molar-refractivity contribution in [3.8, 4) is 11.4 Å². The zero-order chi connectivity index (χ0) is 29.4. The molecule has 3 aromatic carbocycles. The van der Waals surface area contributed by atoms with Gasteiger partial charge in [0.15, 0.2) is 5.54 Å². The van der Waals surface area contributed by atoms with E-state index in [1.807, 2.05) is 31.4 Å². The molecule has 0 fully saturated rings. The smallest absolute Gasteiger partial charge is 0.261 e. The molecule has 0 saturated carbocycles. The molecule has 3 heterocycles. The Labute approximate surface area is 246 Å². The Hall–Kier alpha value is -4.27. The summed E-state index contributed by atoms with van der Waals surface area (Å²) in [6.07, 6.45) is 1.71. The topological polar surface area (TPSA) is 107 Å². The van der Waals surface area contributed by atoms with Gasteiger partial charge in [-0.25, -0.2) is 0 Å². The Balaban J connectivity index is 1.74. The largest absolute Gasteiger partial charge is 0.495 e. The summed E-state index contributed by atoms with van der Waals surface area (Å²) < 4.78 is 7.47. The number of hydrogen-bond acceptors (Lipinski definition) is 4. The quantitative estimate of drug-likeness (QED) is 0.290. The third-order valence-electron chi connectivity index (χ3n) is 7.80. The van der Waals surface area contributed by atoms with Gasteiger partial charge in [0.25, 0.3) is 11.8 Å². The summed E-state index contributed by atoms with van der Waals surface area (Å²) in [6.45, 7) is 5.84. The molecular weight excluding hydrogens is 563 g/mol. The number of fused-ring (bicyclic) bond motifs is 4. The van der Waals surface area contributed by atoms with Crippen LogP contribution in [0.5, 0.6) is 5.75 Å². The molecule has 208 valence electrons. The van der Waals surface area contributed by atoms with Crippen molar-refractivity contribution >= 4 is 52.3 Å². The average molecular weight is 589 g/mol. The number of amides is 3. The molecule has 0 unspecified atom stereocenters. The molecule has 0 aliphatic carbocycles. The van der Waals surface area contributed by atoms with E-state index in [1.54, 1.807) is 59.6 Å². The SMILES string of the molecule is COc1ccc(C(N)=O)cc1-n1cc2c(c1C(C)C)[C@@]1(C(=O)Nc3cc(Cl)ccc31)N(c1cc(Cl)ccc1C)C2=O. The van der Waals surface area contributed by atoms with Crippen LogP contribution in [0.2, 0.25) is 10.0 Å². The number of hydrogen-bond donors (Lipinski definition) is 2. The minimum Gasteiger partial charge on any atom is -0.495 e. The van der Waals surface area contributed by atoms with E-state index < -0.39 is 17.4 Å². The second-order valence-electron chi connectivity index (χ2n) is 10.5. The molecule has 3 N–H and O–H groups in total. The maximum atomic E-state index is 14.6. The van der Waals surface area contributed by atoms with Crippen LogP contribution in [0.4, 0.5) is 11.4 Å². The molecular formula is C31H26Cl2N4O4. The second-order valence-corrected chi connectivity index (χ2v) is 11.4. The molecule has 1 atom stereocenters. The van der Waals surface area contributed by atoms with E-state index in [-0.39, 0.29) is 17.4 Å². The van der Waals surface area contributed by atoms with Crippen LogP contribution in [0.15, 0.2) is 60.8 Å². The van der Waals surface area contributed by atoms with Gasteiger partial charge in [-0.15, -0.1) is 0 Å². The summed E-state index contributed by atoms with van der Waals surface area (Å²) in [7, 11) is 1.52. The fraction of sp³-hybridized carbons (Fsp3) is 0.194. The summed E-state index contributed by atoms with van der Waals surface area (Å²) in [6, 6.07) is 15.3. The highest BCUT2D eigenvalue weighted by Crippen LogP contribution is 2.56. The average Bonchev–Trinajstić information content (AvgIpc) is 3.53. The van der Waals surface area contributed by atoms with Crippen LogP contribution in [-0.2, 0) is 10.3 Å². The molecule has 1 spiro atoms. The number of primary amides is 1. The van der Waals surface area contributed by atoms with Crippen molar-refractivity contribution < 1.29 is 19.1 Å². The van der Waals surface area contributed by atoms with Gasteiger partial charge in [-0.05, 0) is 60.9 Å². The zero-order valence-electron chi connectivity index (χ0n) is 22.7. The van der Waals surface area contributed by atoms with Gasteiger partial charge in [0.05, 0.1) is 24.0 Å². The molecule has 0 bridgehead atoms. The fourth-order valence-corrected chi connectivity index (χ4v) is 6.44. The van der Waals surface area contributed by atoms with Crippen molar-refractivity contribution in [2.24, 2.45) is 5.73 Å². The van der Waals surface area contributed by atoms with Crippen LogP contribution in [0.3, 0.4) is 0 Å². The number of methoxy groups -OCH3 is 1. The molecule has 4 aromatic rings. The van der Waals surface area contributed by atoms with Gasteiger partial charge in [-0.3, -0.25) is 19.3 Å². The van der Waals surface area contributed by atoms with E-state index in [1.165, 1.54) is 7.11 Å². The van der Waals surface area contributed by atoms with Crippen molar-refractivity contribution in [2.45, 2.75) is 32.2 Å². The van der Waals surface area contributed by atoms with Crippen LogP contribution < -0.4 is 20.7 Å². The van der Waals surface area contributed by atoms with Crippen molar-refractivity contribution in [1.82, 2.24) is 4.57 Å². The number of ether oxygens (including phenoxy) is 1. The van der Waals surface area contributed by atoms with Gasteiger partial charge in [0.2, 0.25) is 5.91 Å². The normalized spacial score (nSPS) is 17.3. The lowest BCUT2D eigenvalue weighted by Crippen LogP contribution is -2.51. The van der Waals surface area contributed by atoms with Crippen molar-refractivity contribution in [1.29, 1.82) is 0 Å². The number of anilines is 2. The lowest BCUT2D eigenvalue weighted by molar-refractivity contribution is -0.119. The first-order chi connectivity index (χ1) is 19.5. The van der Waals surface area contributed by atoms with Gasteiger partial charge in [-0.1, -0.05) is 49.2 Å². The molecule has 0 radical (unpaired) electrons. The third kappa shape index (κ3) is 3.71. The Morgan fingerprint density at radius 3 is 2.39 bits per heavy atom. The number of carbonyl (C=O) groups excluding carboxylic acids is 3. The standard InChI is InChI=1S/C31H26Cl2N4O4/c1-15(2)27-26-20(14-36(27)24-11-17(28(34)38)6-10-25(24)41-4)29(39)37(23-13-19(33)7-5-16(23)3)31(26)21-9-8-18(32)12-22(21)35-30(31)40/h5-15H,1-4H3,(H2,34,38)(H,35,40)/t31-/m0/s1. The van der Waals surface area contributed by atoms with Gasteiger partial charge in [0, 0.05) is 44.3 Å². The van der Waals surface area contributed by atoms with Crippen molar-refractivity contribution in [3.05, 3.63) is 104 Å². The molecule has 6 rings (SSSR count). The van der Waals surface area contributed by atoms with Gasteiger partial charge >= 0.3 is 0 Å². The van der Waals surface area contributed by atoms with Crippen LogP contribution in [0, 0.1) is 6.92 Å². The number of aryl methyl sites for hydroxylation is 1. The molecule has 8 nitrogen and oxygen atoms in total. The van der Waals surface area contributed by atoms with E-state index >= 15 is 0 Å². The van der Waals surface area contributed by atoms with Crippen LogP contribution in [0.1, 0.15) is 62.9 Å². The Kier molecular flexibility index (Phi) is 6.17. The predicted molar refractivity (Wildman–Crippen MR) is 159 cm³/mol. The highest BCUT2D eigenvalue weighted by atomic mass is 35.5. The molecule has 10 heteroatoms. The van der Waals surface area contributed by atoms with E-state index in [2.05, 4.69) is 5.32 Å². The van der Waals surface area contributed by atoms with E-state index in [9.17, 15) is 14.4 Å². The van der Waals surface area contributed by atoms with E-state index in [0.717, 1.165) is 5.56 Å². The monoisotopic (exact) mass is 588 g/mol. The lowest BCUT2D eigenvalue weighted by atomic mass is 9.81. The van der Waals surface area contributed by atoms with Crippen LogP contribution in [0.25, 0.3) is 5.69 Å². The first kappa shape index (κ1) is 26.9. The van der Waals surface area contributed by atoms with Gasteiger partial charge in [0.1, 0.15) is 5.75 Å². The molecule has 2 aliphatic rings. The predicted octanol–water partition coefficient (Wildman–Crippen LogP) is 6.18. The van der Waals surface area contributed by atoms with Crippen LogP contribution in [-0.4, -0.2) is 29.4 Å².